The Labute approximate surface area is 243 Å². The quantitative estimate of drug-likeness (QED) is 0.383. The van der Waals surface area contributed by atoms with E-state index in [4.69, 9.17) is 28.2 Å². The number of halogens is 2. The Hall–Kier alpha value is -3.30. The zero-order valence-electron chi connectivity index (χ0n) is 23.0. The molecule has 2 heterocycles. The minimum atomic E-state index is -0.650. The average Bonchev–Trinajstić information content (AvgIpc) is 3.52. The number of nitrogens with zero attached hydrogens (tertiary/aromatic N) is 5. The predicted octanol–water partition coefficient (Wildman–Crippen LogP) is 5.76. The molecule has 1 aliphatic heterocycles. The van der Waals surface area contributed by atoms with Gasteiger partial charge in [0, 0.05) is 21.2 Å². The molecule has 0 unspecified atom stereocenters. The second-order valence-corrected chi connectivity index (χ2v) is 12.6. The molecule has 11 heteroatoms. The van der Waals surface area contributed by atoms with Crippen LogP contribution in [-0.2, 0) is 11.3 Å². The number of aliphatic imine (C=N–C) groups is 1. The Balaban J connectivity index is 1.41. The molecule has 40 heavy (non-hydrogen) atoms. The summed E-state index contributed by atoms with van der Waals surface area (Å²) in [6.45, 7) is 9.01. The van der Waals surface area contributed by atoms with Crippen molar-refractivity contribution in [3.05, 3.63) is 75.0 Å². The van der Waals surface area contributed by atoms with E-state index in [1.54, 1.807) is 30.3 Å². The molecule has 1 aromatic heterocycles. The van der Waals surface area contributed by atoms with E-state index in [9.17, 15) is 9.59 Å². The van der Waals surface area contributed by atoms with Crippen molar-refractivity contribution in [1.29, 1.82) is 0 Å². The van der Waals surface area contributed by atoms with Gasteiger partial charge in [0.15, 0.2) is 5.82 Å². The summed E-state index contributed by atoms with van der Waals surface area (Å²) >= 11 is 12.6. The van der Waals surface area contributed by atoms with Crippen LogP contribution in [0.5, 0.6) is 0 Å². The molecule has 1 spiro atoms. The number of tetrazole rings is 1. The number of carbonyl (C=O) groups is 2. The van der Waals surface area contributed by atoms with Gasteiger partial charge in [0.1, 0.15) is 11.4 Å². The van der Waals surface area contributed by atoms with Gasteiger partial charge < -0.3 is 10.2 Å². The monoisotopic (exact) mass is 581 g/mol. The zero-order chi connectivity index (χ0) is 28.7. The fourth-order valence-corrected chi connectivity index (χ4v) is 6.43. The molecule has 5 rings (SSSR count). The van der Waals surface area contributed by atoms with Crippen LogP contribution in [0, 0.1) is 11.3 Å². The van der Waals surface area contributed by atoms with E-state index in [2.05, 4.69) is 46.7 Å². The Morgan fingerprint density at radius 2 is 1.77 bits per heavy atom. The van der Waals surface area contributed by atoms with Crippen LogP contribution in [0.1, 0.15) is 86.7 Å². The number of rotatable bonds is 6. The fraction of sp³-hybridized carbons (Fsp3) is 0.448. The standard InChI is InChI=1S/C29H33Cl2N7O2/c1-17(18-5-7-19(8-6-18)26(39)32-16-24-34-36-37-35-24)38-27(40)25(20-13-22(30)15-23(31)14-20)33-29(38)11-9-21(10-12-29)28(2,3)4/h5-8,13-15,17,21H,9-12,16H2,1-4H3,(H,32,39)(H,34,35,36,37)/t17-,21?,29?/m1/s1. The van der Waals surface area contributed by atoms with Gasteiger partial charge >= 0.3 is 0 Å². The van der Waals surface area contributed by atoms with E-state index in [1.165, 1.54) is 0 Å². The van der Waals surface area contributed by atoms with Crippen LogP contribution in [0.25, 0.3) is 0 Å². The van der Waals surface area contributed by atoms with Crippen LogP contribution in [0.4, 0.5) is 0 Å². The SMILES string of the molecule is C[C@H](c1ccc(C(=O)NCc2nn[nH]n2)cc1)N1C(=O)C(c2cc(Cl)cc(Cl)c2)=NC12CCC(C(C)(C)C)CC2. The third-order valence-corrected chi connectivity index (χ3v) is 8.61. The number of aromatic nitrogens is 4. The van der Waals surface area contributed by atoms with Gasteiger partial charge in [-0.1, -0.05) is 61.3 Å². The van der Waals surface area contributed by atoms with Gasteiger partial charge in [-0.2, -0.15) is 5.21 Å². The first-order valence-corrected chi connectivity index (χ1v) is 14.2. The van der Waals surface area contributed by atoms with Crippen LogP contribution in [0.15, 0.2) is 47.5 Å². The Kier molecular flexibility index (Phi) is 7.72. The van der Waals surface area contributed by atoms with E-state index in [0.717, 1.165) is 31.2 Å². The summed E-state index contributed by atoms with van der Waals surface area (Å²) in [7, 11) is 0. The highest BCUT2D eigenvalue weighted by Crippen LogP contribution is 2.49. The van der Waals surface area contributed by atoms with E-state index in [1.807, 2.05) is 24.0 Å². The predicted molar refractivity (Wildman–Crippen MR) is 154 cm³/mol. The number of benzene rings is 2. The molecule has 3 aromatic rings. The van der Waals surface area contributed by atoms with Gasteiger partial charge in [0.05, 0.1) is 12.6 Å². The first kappa shape index (κ1) is 28.2. The molecule has 9 nitrogen and oxygen atoms in total. The lowest BCUT2D eigenvalue weighted by Gasteiger charge is -2.46. The molecule has 1 atom stereocenters. The summed E-state index contributed by atoms with van der Waals surface area (Å²) in [6.07, 6.45) is 3.51. The first-order chi connectivity index (χ1) is 19.0. The third-order valence-electron chi connectivity index (χ3n) is 8.18. The van der Waals surface area contributed by atoms with Crippen molar-refractivity contribution in [1.82, 2.24) is 30.8 Å². The van der Waals surface area contributed by atoms with Gasteiger partial charge in [-0.15, -0.1) is 10.2 Å². The van der Waals surface area contributed by atoms with E-state index >= 15 is 0 Å². The van der Waals surface area contributed by atoms with Gasteiger partial charge in [-0.05, 0) is 79.8 Å². The highest BCUT2D eigenvalue weighted by molar-refractivity contribution is 6.47. The summed E-state index contributed by atoms with van der Waals surface area (Å²) in [4.78, 5) is 33.8. The van der Waals surface area contributed by atoms with Crippen LogP contribution in [0.2, 0.25) is 10.0 Å². The largest absolute Gasteiger partial charge is 0.345 e. The molecule has 1 aliphatic carbocycles. The maximum absolute atomic E-state index is 14.1. The van der Waals surface area contributed by atoms with E-state index < -0.39 is 5.66 Å². The minimum Gasteiger partial charge on any atom is -0.345 e. The third kappa shape index (κ3) is 5.63. The summed E-state index contributed by atoms with van der Waals surface area (Å²) in [6, 6.07) is 12.2. The molecule has 1 fully saturated rings. The highest BCUT2D eigenvalue weighted by Gasteiger charge is 2.52. The maximum atomic E-state index is 14.1. The molecule has 1 saturated carbocycles. The van der Waals surface area contributed by atoms with Crippen molar-refractivity contribution in [2.24, 2.45) is 16.3 Å². The summed E-state index contributed by atoms with van der Waals surface area (Å²) in [5.41, 5.74) is 1.97. The van der Waals surface area contributed by atoms with E-state index in [0.29, 0.717) is 38.6 Å². The Bertz CT molecular complexity index is 1400. The molecule has 2 amide bonds. The average molecular weight is 583 g/mol. The molecule has 0 radical (unpaired) electrons. The van der Waals surface area contributed by atoms with Crippen molar-refractivity contribution in [3.63, 3.8) is 0 Å². The normalized spacial score (nSPS) is 21.9. The second-order valence-electron chi connectivity index (χ2n) is 11.7. The number of carbonyl (C=O) groups excluding carboxylic acids is 2. The zero-order valence-corrected chi connectivity index (χ0v) is 24.6. The van der Waals surface area contributed by atoms with Crippen molar-refractivity contribution in [3.8, 4) is 0 Å². The van der Waals surface area contributed by atoms with Crippen molar-refractivity contribution >= 4 is 40.7 Å². The number of hydrogen-bond acceptors (Lipinski definition) is 6. The fourth-order valence-electron chi connectivity index (χ4n) is 5.91. The number of amides is 2. The Morgan fingerprint density at radius 3 is 2.35 bits per heavy atom. The lowest BCUT2D eigenvalue weighted by atomic mass is 9.69. The van der Waals surface area contributed by atoms with Crippen LogP contribution < -0.4 is 5.32 Å². The lowest BCUT2D eigenvalue weighted by Crippen LogP contribution is -2.50. The molecule has 0 saturated heterocycles. The first-order valence-electron chi connectivity index (χ1n) is 13.5. The summed E-state index contributed by atoms with van der Waals surface area (Å²) in [5, 5.41) is 17.2. The summed E-state index contributed by atoms with van der Waals surface area (Å²) < 4.78 is 0. The van der Waals surface area contributed by atoms with Gasteiger partial charge in [-0.3, -0.25) is 14.6 Å². The molecule has 2 aliphatic rings. The molecule has 0 bridgehead atoms. The Morgan fingerprint density at radius 1 is 1.12 bits per heavy atom. The van der Waals surface area contributed by atoms with Gasteiger partial charge in [-0.25, -0.2) is 0 Å². The minimum absolute atomic E-state index is 0.137. The van der Waals surface area contributed by atoms with Crippen LogP contribution >= 0.6 is 23.2 Å². The molecule has 2 aromatic carbocycles. The maximum Gasteiger partial charge on any atom is 0.275 e. The summed E-state index contributed by atoms with van der Waals surface area (Å²) in [5.74, 6) is 0.563. The van der Waals surface area contributed by atoms with Crippen molar-refractivity contribution in [2.75, 3.05) is 0 Å². The molecular formula is C29H33Cl2N7O2. The second kappa shape index (κ2) is 10.9. The number of aromatic amines is 1. The molecular weight excluding hydrogens is 549 g/mol. The molecule has 210 valence electrons. The van der Waals surface area contributed by atoms with Crippen LogP contribution in [0.3, 0.4) is 0 Å². The number of nitrogens with one attached hydrogen (secondary N) is 2. The van der Waals surface area contributed by atoms with Crippen molar-refractivity contribution < 1.29 is 9.59 Å². The smallest absolute Gasteiger partial charge is 0.275 e. The molecule has 2 N–H and O–H groups in total. The van der Waals surface area contributed by atoms with Gasteiger partial charge in [0.2, 0.25) is 0 Å². The number of hydrogen-bond donors (Lipinski definition) is 2. The topological polar surface area (TPSA) is 116 Å². The number of H-pyrrole nitrogens is 1. The van der Waals surface area contributed by atoms with Crippen molar-refractivity contribution in [2.45, 2.75) is 71.6 Å². The highest BCUT2D eigenvalue weighted by atomic mass is 35.5. The van der Waals surface area contributed by atoms with Crippen LogP contribution in [-0.4, -0.2) is 48.7 Å². The van der Waals surface area contributed by atoms with E-state index in [-0.39, 0.29) is 29.8 Å². The van der Waals surface area contributed by atoms with Gasteiger partial charge in [0.25, 0.3) is 11.8 Å². The lowest BCUT2D eigenvalue weighted by molar-refractivity contribution is -0.132.